The molecule has 1 heterocycles. The van der Waals surface area contributed by atoms with Gasteiger partial charge >= 0.3 is 5.97 Å². The highest BCUT2D eigenvalue weighted by Crippen LogP contribution is 2.32. The van der Waals surface area contributed by atoms with Crippen LogP contribution < -0.4 is 0 Å². The van der Waals surface area contributed by atoms with Crippen molar-refractivity contribution in [3.8, 4) is 0 Å². The van der Waals surface area contributed by atoms with Gasteiger partial charge in [-0.05, 0) is 17.5 Å². The molecule has 0 radical (unpaired) electrons. The number of likely N-dealkylation sites (tertiary alicyclic amines) is 1. The molecule has 1 saturated heterocycles. The van der Waals surface area contributed by atoms with E-state index in [0.29, 0.717) is 0 Å². The van der Waals surface area contributed by atoms with Crippen molar-refractivity contribution in [2.24, 2.45) is 5.92 Å². The second kappa shape index (κ2) is 9.40. The van der Waals surface area contributed by atoms with E-state index in [4.69, 9.17) is 8.92 Å². The number of carbonyl (C=O) groups excluding carboxylic acids is 2. The van der Waals surface area contributed by atoms with Crippen molar-refractivity contribution in [3.63, 3.8) is 0 Å². The van der Waals surface area contributed by atoms with Crippen LogP contribution in [-0.4, -0.2) is 57.8 Å². The van der Waals surface area contributed by atoms with E-state index in [1.165, 1.54) is 12.0 Å². The van der Waals surface area contributed by atoms with Crippen molar-refractivity contribution in [3.05, 3.63) is 71.8 Å². The Hall–Kier alpha value is -2.71. The third-order valence-electron chi connectivity index (χ3n) is 5.17. The van der Waals surface area contributed by atoms with Crippen LogP contribution in [0.15, 0.2) is 60.7 Å². The van der Waals surface area contributed by atoms with Gasteiger partial charge in [0.15, 0.2) is 0 Å². The minimum Gasteiger partial charge on any atom is -0.467 e. The first kappa shape index (κ1) is 22.0. The molecular formula is C22H25NO6S. The molecule has 30 heavy (non-hydrogen) atoms. The Labute approximate surface area is 176 Å². The molecule has 160 valence electrons. The van der Waals surface area contributed by atoms with Crippen molar-refractivity contribution in [2.75, 3.05) is 26.5 Å². The first-order chi connectivity index (χ1) is 14.3. The number of hydrogen-bond donors (Lipinski definition) is 0. The standard InChI is InChI=1S/C22H25NO6S/c1-28-22(25)19-13-16(15-29-30(2,26)27)14-23(19)21(24)20(17-9-5-3-6-10-17)18-11-7-4-8-12-18/h3-12,16,19-20H,13-15H2,1-2H3/t16-,19-/m0/s1. The number of methoxy groups -OCH3 is 1. The molecule has 0 spiro atoms. The number of ether oxygens (including phenoxy) is 1. The summed E-state index contributed by atoms with van der Waals surface area (Å²) >= 11 is 0. The molecule has 7 nitrogen and oxygen atoms in total. The van der Waals surface area contributed by atoms with E-state index in [2.05, 4.69) is 0 Å². The summed E-state index contributed by atoms with van der Waals surface area (Å²) in [6.45, 7) is 0.127. The molecule has 1 fully saturated rings. The van der Waals surface area contributed by atoms with Gasteiger partial charge < -0.3 is 9.64 Å². The number of benzene rings is 2. The van der Waals surface area contributed by atoms with Crippen molar-refractivity contribution in [2.45, 2.75) is 18.4 Å². The molecule has 0 aliphatic carbocycles. The summed E-state index contributed by atoms with van der Waals surface area (Å²) in [7, 11) is -2.34. The maximum Gasteiger partial charge on any atom is 0.328 e. The third-order valence-corrected chi connectivity index (χ3v) is 5.74. The Morgan fingerprint density at radius 1 is 1.03 bits per heavy atom. The monoisotopic (exact) mass is 431 g/mol. The number of rotatable bonds is 7. The van der Waals surface area contributed by atoms with Crippen molar-refractivity contribution >= 4 is 22.0 Å². The molecule has 8 heteroatoms. The molecule has 1 aliphatic rings. The molecule has 1 amide bonds. The molecular weight excluding hydrogens is 406 g/mol. The molecule has 3 rings (SSSR count). The summed E-state index contributed by atoms with van der Waals surface area (Å²) in [5.74, 6) is -1.64. The van der Waals surface area contributed by atoms with Gasteiger partial charge in [-0.3, -0.25) is 8.98 Å². The zero-order chi connectivity index (χ0) is 21.7. The van der Waals surface area contributed by atoms with Gasteiger partial charge in [-0.2, -0.15) is 8.42 Å². The number of esters is 1. The SMILES string of the molecule is COC(=O)[C@@H]1C[C@H](COS(C)(=O)=O)CN1C(=O)C(c1ccccc1)c1ccccc1. The fourth-order valence-electron chi connectivity index (χ4n) is 3.80. The van der Waals surface area contributed by atoms with Crippen LogP contribution >= 0.6 is 0 Å². The molecule has 2 atom stereocenters. The quantitative estimate of drug-likeness (QED) is 0.493. The van der Waals surface area contributed by atoms with Gasteiger partial charge in [0.25, 0.3) is 10.1 Å². The van der Waals surface area contributed by atoms with E-state index in [9.17, 15) is 18.0 Å². The average Bonchev–Trinajstić information content (AvgIpc) is 3.17. The lowest BCUT2D eigenvalue weighted by Gasteiger charge is -2.28. The molecule has 2 aromatic rings. The predicted molar refractivity (Wildman–Crippen MR) is 111 cm³/mol. The molecule has 0 saturated carbocycles. The molecule has 0 unspecified atom stereocenters. The van der Waals surface area contributed by atoms with Gasteiger partial charge in [-0.1, -0.05) is 60.7 Å². The van der Waals surface area contributed by atoms with E-state index >= 15 is 0 Å². The van der Waals surface area contributed by atoms with Gasteiger partial charge in [0.05, 0.1) is 25.9 Å². The number of hydrogen-bond acceptors (Lipinski definition) is 6. The van der Waals surface area contributed by atoms with Crippen molar-refractivity contribution < 1.29 is 26.9 Å². The van der Waals surface area contributed by atoms with Crippen LogP contribution in [-0.2, 0) is 28.6 Å². The fourth-order valence-corrected chi connectivity index (χ4v) is 4.24. The van der Waals surface area contributed by atoms with Crippen LogP contribution in [0.2, 0.25) is 0 Å². The van der Waals surface area contributed by atoms with E-state index in [-0.39, 0.29) is 31.4 Å². The maximum atomic E-state index is 13.7. The minimum absolute atomic E-state index is 0.0859. The molecule has 0 N–H and O–H groups in total. The van der Waals surface area contributed by atoms with Gasteiger partial charge in [0, 0.05) is 12.5 Å². The average molecular weight is 432 g/mol. The zero-order valence-electron chi connectivity index (χ0n) is 16.9. The predicted octanol–water partition coefficient (Wildman–Crippen LogP) is 2.18. The lowest BCUT2D eigenvalue weighted by atomic mass is 9.90. The summed E-state index contributed by atoms with van der Waals surface area (Å²) in [5.41, 5.74) is 1.63. The number of carbonyl (C=O) groups is 2. The second-order valence-corrected chi connectivity index (χ2v) is 9.02. The Bertz CT molecular complexity index is 938. The zero-order valence-corrected chi connectivity index (χ0v) is 17.7. The summed E-state index contributed by atoms with van der Waals surface area (Å²) < 4.78 is 32.5. The van der Waals surface area contributed by atoms with E-state index in [1.54, 1.807) is 0 Å². The summed E-state index contributed by atoms with van der Waals surface area (Å²) in [6, 6.07) is 17.9. The highest BCUT2D eigenvalue weighted by Gasteiger charge is 2.43. The lowest BCUT2D eigenvalue weighted by Crippen LogP contribution is -2.43. The highest BCUT2D eigenvalue weighted by molar-refractivity contribution is 7.85. The van der Waals surface area contributed by atoms with Crippen LogP contribution in [0.3, 0.4) is 0 Å². The third kappa shape index (κ3) is 5.25. The smallest absolute Gasteiger partial charge is 0.328 e. The van der Waals surface area contributed by atoms with E-state index in [1.807, 2.05) is 60.7 Å². The maximum absolute atomic E-state index is 13.7. The Kier molecular flexibility index (Phi) is 6.89. The van der Waals surface area contributed by atoms with Crippen LogP contribution in [0, 0.1) is 5.92 Å². The fraction of sp³-hybridized carbons (Fsp3) is 0.364. The number of amides is 1. The largest absolute Gasteiger partial charge is 0.467 e. The van der Waals surface area contributed by atoms with Crippen LogP contribution in [0.1, 0.15) is 23.5 Å². The first-order valence-corrected chi connectivity index (χ1v) is 11.4. The molecule has 0 bridgehead atoms. The van der Waals surface area contributed by atoms with Crippen LogP contribution in [0.4, 0.5) is 0 Å². The first-order valence-electron chi connectivity index (χ1n) is 9.62. The Morgan fingerprint density at radius 3 is 2.03 bits per heavy atom. The topological polar surface area (TPSA) is 90.0 Å². The van der Waals surface area contributed by atoms with Gasteiger partial charge in [-0.15, -0.1) is 0 Å². The van der Waals surface area contributed by atoms with E-state index < -0.39 is 28.0 Å². The number of nitrogens with zero attached hydrogens (tertiary/aromatic N) is 1. The van der Waals surface area contributed by atoms with Gasteiger partial charge in [-0.25, -0.2) is 4.79 Å². The van der Waals surface area contributed by atoms with E-state index in [0.717, 1.165) is 17.4 Å². The minimum atomic E-state index is -3.61. The summed E-state index contributed by atoms with van der Waals surface area (Å²) in [6.07, 6.45) is 1.26. The highest BCUT2D eigenvalue weighted by atomic mass is 32.2. The normalized spacial score (nSPS) is 19.1. The Morgan fingerprint density at radius 2 is 1.57 bits per heavy atom. The molecule has 0 aromatic heterocycles. The molecule has 2 aromatic carbocycles. The van der Waals surface area contributed by atoms with Crippen LogP contribution in [0.5, 0.6) is 0 Å². The Balaban J connectivity index is 1.92. The van der Waals surface area contributed by atoms with Gasteiger partial charge in [0.1, 0.15) is 6.04 Å². The summed E-state index contributed by atoms with van der Waals surface area (Å²) in [4.78, 5) is 27.6. The molecule has 1 aliphatic heterocycles. The summed E-state index contributed by atoms with van der Waals surface area (Å²) in [5, 5.41) is 0. The van der Waals surface area contributed by atoms with Gasteiger partial charge in [0.2, 0.25) is 5.91 Å². The second-order valence-electron chi connectivity index (χ2n) is 7.37. The van der Waals surface area contributed by atoms with Crippen LogP contribution in [0.25, 0.3) is 0 Å². The van der Waals surface area contributed by atoms with Crippen molar-refractivity contribution in [1.82, 2.24) is 4.90 Å². The van der Waals surface area contributed by atoms with Crippen molar-refractivity contribution in [1.29, 1.82) is 0 Å². The lowest BCUT2D eigenvalue weighted by molar-refractivity contribution is -0.151.